The monoisotopic (exact) mass is 297 g/mol. The van der Waals surface area contributed by atoms with Gasteiger partial charge in [-0.15, -0.1) is 0 Å². The lowest BCUT2D eigenvalue weighted by Crippen LogP contribution is -2.24. The molecule has 0 heterocycles. The maximum Gasteiger partial charge on any atom is 0.328 e. The maximum absolute atomic E-state index is 10.6. The van der Waals surface area contributed by atoms with Crippen LogP contribution in [0.25, 0.3) is 6.08 Å². The van der Waals surface area contributed by atoms with Crippen molar-refractivity contribution in [3.63, 3.8) is 0 Å². The number of halogens is 1. The first-order chi connectivity index (χ1) is 9.40. The first-order valence-electron chi connectivity index (χ1n) is 6.43. The third-order valence-corrected chi connectivity index (χ3v) is 2.92. The van der Waals surface area contributed by atoms with Crippen LogP contribution in [0.4, 0.5) is 5.69 Å². The number of carboxylic acid groups (broad SMARTS) is 1. The van der Waals surface area contributed by atoms with Gasteiger partial charge < -0.3 is 14.7 Å². The van der Waals surface area contributed by atoms with Crippen LogP contribution in [0, 0.1) is 0 Å². The molecule has 0 atom stereocenters. The number of carboxylic acids is 1. The van der Waals surface area contributed by atoms with Crippen molar-refractivity contribution in [1.82, 2.24) is 0 Å². The molecule has 0 saturated carbocycles. The van der Waals surface area contributed by atoms with Crippen molar-refractivity contribution in [3.8, 4) is 0 Å². The number of likely N-dealkylation sites (N-methyl/N-ethyl adjacent to an activating group) is 1. The standard InChI is InChI=1S/C15H20ClNO3/c1-11(2)20-9-8-17(3)14-6-5-13(16)10-12(14)4-7-15(18)19/h4-7,10-11H,8-9H2,1-3H3,(H,18,19)/b7-4+. The topological polar surface area (TPSA) is 49.8 Å². The summed E-state index contributed by atoms with van der Waals surface area (Å²) in [5.74, 6) is -0.985. The van der Waals surface area contributed by atoms with Crippen molar-refractivity contribution >= 4 is 29.3 Å². The first kappa shape index (κ1) is 16.5. The molecule has 0 spiro atoms. The van der Waals surface area contributed by atoms with Crippen LogP contribution in [-0.2, 0) is 9.53 Å². The number of carbonyl (C=O) groups is 1. The van der Waals surface area contributed by atoms with Crippen LogP contribution in [0.3, 0.4) is 0 Å². The third-order valence-electron chi connectivity index (χ3n) is 2.68. The summed E-state index contributed by atoms with van der Waals surface area (Å²) in [6.07, 6.45) is 2.84. The molecule has 0 fully saturated rings. The minimum Gasteiger partial charge on any atom is -0.478 e. The fourth-order valence-corrected chi connectivity index (χ4v) is 1.89. The number of ether oxygens (including phenoxy) is 1. The summed E-state index contributed by atoms with van der Waals surface area (Å²) >= 11 is 5.96. The predicted molar refractivity (Wildman–Crippen MR) is 82.5 cm³/mol. The van der Waals surface area contributed by atoms with E-state index in [0.717, 1.165) is 17.3 Å². The summed E-state index contributed by atoms with van der Waals surface area (Å²) in [7, 11) is 1.94. The van der Waals surface area contributed by atoms with Gasteiger partial charge in [-0.1, -0.05) is 11.6 Å². The van der Waals surface area contributed by atoms with Gasteiger partial charge in [-0.3, -0.25) is 0 Å². The average Bonchev–Trinajstić information content (AvgIpc) is 2.35. The Labute approximate surface area is 124 Å². The molecule has 0 bridgehead atoms. The highest BCUT2D eigenvalue weighted by Gasteiger charge is 2.07. The highest BCUT2D eigenvalue weighted by atomic mass is 35.5. The SMILES string of the molecule is CC(C)OCCN(C)c1ccc(Cl)cc1/C=C/C(=O)O. The molecule has 0 aliphatic rings. The summed E-state index contributed by atoms with van der Waals surface area (Å²) in [6, 6.07) is 5.41. The van der Waals surface area contributed by atoms with Gasteiger partial charge in [-0.05, 0) is 43.7 Å². The van der Waals surface area contributed by atoms with Crippen molar-refractivity contribution < 1.29 is 14.6 Å². The number of hydrogen-bond donors (Lipinski definition) is 1. The van der Waals surface area contributed by atoms with Gasteiger partial charge in [0.05, 0.1) is 12.7 Å². The number of nitrogens with zero attached hydrogens (tertiary/aromatic N) is 1. The van der Waals surface area contributed by atoms with E-state index in [9.17, 15) is 4.79 Å². The molecule has 110 valence electrons. The van der Waals surface area contributed by atoms with Crippen molar-refractivity contribution in [1.29, 1.82) is 0 Å². The Bertz CT molecular complexity index is 486. The molecule has 4 nitrogen and oxygen atoms in total. The number of anilines is 1. The molecule has 1 aromatic rings. The zero-order valence-electron chi connectivity index (χ0n) is 12.0. The summed E-state index contributed by atoms with van der Waals surface area (Å²) in [5, 5.41) is 9.30. The number of aliphatic carboxylic acids is 1. The van der Waals surface area contributed by atoms with E-state index in [-0.39, 0.29) is 6.10 Å². The van der Waals surface area contributed by atoms with Crippen molar-refractivity contribution in [2.45, 2.75) is 20.0 Å². The Hall–Kier alpha value is -1.52. The second-order valence-electron chi connectivity index (χ2n) is 4.72. The Morgan fingerprint density at radius 3 is 2.80 bits per heavy atom. The fraction of sp³-hybridized carbons (Fsp3) is 0.400. The normalized spacial score (nSPS) is 11.2. The van der Waals surface area contributed by atoms with E-state index in [0.29, 0.717) is 18.2 Å². The molecule has 1 rings (SSSR count). The maximum atomic E-state index is 10.6. The van der Waals surface area contributed by atoms with Crippen LogP contribution in [0.1, 0.15) is 19.4 Å². The van der Waals surface area contributed by atoms with Crippen LogP contribution >= 0.6 is 11.6 Å². The molecule has 0 aliphatic carbocycles. The number of hydrogen-bond acceptors (Lipinski definition) is 3. The lowest BCUT2D eigenvalue weighted by atomic mass is 10.1. The van der Waals surface area contributed by atoms with Gasteiger partial charge >= 0.3 is 5.97 Å². The molecule has 20 heavy (non-hydrogen) atoms. The van der Waals surface area contributed by atoms with E-state index in [1.54, 1.807) is 18.2 Å². The average molecular weight is 298 g/mol. The third kappa shape index (κ3) is 5.63. The predicted octanol–water partition coefficient (Wildman–Crippen LogP) is 3.30. The van der Waals surface area contributed by atoms with E-state index in [4.69, 9.17) is 21.4 Å². The zero-order chi connectivity index (χ0) is 15.1. The quantitative estimate of drug-likeness (QED) is 0.785. The van der Waals surface area contributed by atoms with E-state index in [2.05, 4.69) is 0 Å². The number of benzene rings is 1. The molecule has 0 aliphatic heterocycles. The second-order valence-corrected chi connectivity index (χ2v) is 5.15. The van der Waals surface area contributed by atoms with Crippen LogP contribution in [-0.4, -0.2) is 37.4 Å². The lowest BCUT2D eigenvalue weighted by molar-refractivity contribution is -0.131. The molecule has 5 heteroatoms. The van der Waals surface area contributed by atoms with Gasteiger partial charge in [-0.25, -0.2) is 4.79 Å². The van der Waals surface area contributed by atoms with Crippen molar-refractivity contribution in [3.05, 3.63) is 34.9 Å². The van der Waals surface area contributed by atoms with Crippen LogP contribution < -0.4 is 4.90 Å². The van der Waals surface area contributed by atoms with E-state index in [1.807, 2.05) is 31.9 Å². The molecule has 0 unspecified atom stereocenters. The first-order valence-corrected chi connectivity index (χ1v) is 6.81. The van der Waals surface area contributed by atoms with Gasteiger partial charge in [0.1, 0.15) is 0 Å². The lowest BCUT2D eigenvalue weighted by Gasteiger charge is -2.22. The Kier molecular flexibility index (Phi) is 6.55. The molecule has 1 aromatic carbocycles. The van der Waals surface area contributed by atoms with E-state index < -0.39 is 5.97 Å². The summed E-state index contributed by atoms with van der Waals surface area (Å²) < 4.78 is 5.52. The van der Waals surface area contributed by atoms with Crippen LogP contribution in [0.5, 0.6) is 0 Å². The van der Waals surface area contributed by atoms with E-state index in [1.165, 1.54) is 0 Å². The van der Waals surface area contributed by atoms with Gasteiger partial charge in [0.15, 0.2) is 0 Å². The zero-order valence-corrected chi connectivity index (χ0v) is 12.7. The largest absolute Gasteiger partial charge is 0.478 e. The molecular weight excluding hydrogens is 278 g/mol. The molecule has 1 N–H and O–H groups in total. The van der Waals surface area contributed by atoms with Crippen molar-refractivity contribution in [2.75, 3.05) is 25.1 Å². The molecular formula is C15H20ClNO3. The molecule has 0 amide bonds. The minimum atomic E-state index is -0.985. The highest BCUT2D eigenvalue weighted by molar-refractivity contribution is 6.30. The summed E-state index contributed by atoms with van der Waals surface area (Å²) in [6.45, 7) is 5.30. The Morgan fingerprint density at radius 1 is 1.50 bits per heavy atom. The minimum absolute atomic E-state index is 0.194. The Morgan fingerprint density at radius 2 is 2.20 bits per heavy atom. The fourth-order valence-electron chi connectivity index (χ4n) is 1.71. The van der Waals surface area contributed by atoms with Gasteiger partial charge in [0, 0.05) is 30.4 Å². The van der Waals surface area contributed by atoms with Gasteiger partial charge in [0.2, 0.25) is 0 Å². The number of rotatable bonds is 7. The van der Waals surface area contributed by atoms with Crippen LogP contribution in [0.2, 0.25) is 5.02 Å². The van der Waals surface area contributed by atoms with Crippen LogP contribution in [0.15, 0.2) is 24.3 Å². The summed E-state index contributed by atoms with van der Waals surface area (Å²) in [5.41, 5.74) is 1.69. The van der Waals surface area contributed by atoms with E-state index >= 15 is 0 Å². The molecule has 0 aromatic heterocycles. The molecule has 0 radical (unpaired) electrons. The van der Waals surface area contributed by atoms with Gasteiger partial charge in [0.25, 0.3) is 0 Å². The second kappa shape index (κ2) is 7.92. The summed E-state index contributed by atoms with van der Waals surface area (Å²) in [4.78, 5) is 12.6. The van der Waals surface area contributed by atoms with Gasteiger partial charge in [-0.2, -0.15) is 0 Å². The highest BCUT2D eigenvalue weighted by Crippen LogP contribution is 2.24. The molecule has 0 saturated heterocycles. The smallest absolute Gasteiger partial charge is 0.328 e. The Balaban J connectivity index is 2.84. The van der Waals surface area contributed by atoms with Crippen molar-refractivity contribution in [2.24, 2.45) is 0 Å².